The molecule has 1 saturated heterocycles. The molecule has 0 aromatic carbocycles. The summed E-state index contributed by atoms with van der Waals surface area (Å²) in [5, 5.41) is 1.32. The van der Waals surface area contributed by atoms with Crippen LogP contribution >= 0.6 is 11.3 Å². The molecule has 0 saturated carbocycles. The van der Waals surface area contributed by atoms with E-state index in [-0.39, 0.29) is 0 Å². The van der Waals surface area contributed by atoms with E-state index < -0.39 is 0 Å². The minimum Gasteiger partial charge on any atom is -0.353 e. The van der Waals surface area contributed by atoms with E-state index in [2.05, 4.69) is 34.7 Å². The lowest BCUT2D eigenvalue weighted by Crippen LogP contribution is -2.46. The number of pyridine rings is 1. The number of likely N-dealkylation sites (N-methyl/N-ethyl adjacent to an activating group) is 1. The van der Waals surface area contributed by atoms with E-state index in [1.54, 1.807) is 6.20 Å². The van der Waals surface area contributed by atoms with Crippen LogP contribution < -0.4 is 4.90 Å². The molecule has 1 aliphatic heterocycles. The first-order valence-corrected chi connectivity index (χ1v) is 11.2. The van der Waals surface area contributed by atoms with E-state index in [0.717, 1.165) is 67.1 Å². The van der Waals surface area contributed by atoms with Crippen LogP contribution in [0, 0.1) is 5.92 Å². The van der Waals surface area contributed by atoms with Gasteiger partial charge in [0, 0.05) is 49.0 Å². The van der Waals surface area contributed by atoms with E-state index in [1.807, 2.05) is 23.6 Å². The van der Waals surface area contributed by atoms with Gasteiger partial charge >= 0.3 is 0 Å². The Morgan fingerprint density at radius 1 is 1.18 bits per heavy atom. The third-order valence-corrected chi connectivity index (χ3v) is 7.32. The predicted molar refractivity (Wildman–Crippen MR) is 116 cm³/mol. The van der Waals surface area contributed by atoms with Crippen molar-refractivity contribution in [2.45, 2.75) is 33.1 Å². The van der Waals surface area contributed by atoms with Crippen molar-refractivity contribution in [3.63, 3.8) is 0 Å². The monoisotopic (exact) mass is 393 g/mol. The number of hydrogen-bond acceptors (Lipinski definition) is 6. The maximum absolute atomic E-state index is 5.11. The van der Waals surface area contributed by atoms with Gasteiger partial charge in [-0.05, 0) is 49.4 Å². The standard InChI is InChI=1S/C22H27N5S/c1-3-26-9-11-27(12-10-26)21-19-17-7-6-15(2)13-18(17)28-22(19)25-20(24-21)16-5-4-8-23-14-16/h4-5,8,14-15H,3,6-7,9-13H2,1-2H3/t15-/m0/s1. The fourth-order valence-electron chi connectivity index (χ4n) is 4.45. The normalized spacial score (nSPS) is 20.5. The number of aromatic nitrogens is 3. The summed E-state index contributed by atoms with van der Waals surface area (Å²) < 4.78 is 0. The van der Waals surface area contributed by atoms with E-state index in [1.165, 1.54) is 28.7 Å². The van der Waals surface area contributed by atoms with E-state index >= 15 is 0 Å². The maximum atomic E-state index is 5.11. The van der Waals surface area contributed by atoms with Crippen molar-refractivity contribution in [3.05, 3.63) is 35.0 Å². The molecule has 1 aliphatic carbocycles. The largest absolute Gasteiger partial charge is 0.353 e. The lowest BCUT2D eigenvalue weighted by Gasteiger charge is -2.35. The Morgan fingerprint density at radius 3 is 2.79 bits per heavy atom. The van der Waals surface area contributed by atoms with Gasteiger partial charge in [0.2, 0.25) is 0 Å². The van der Waals surface area contributed by atoms with Crippen molar-refractivity contribution in [1.82, 2.24) is 19.9 Å². The van der Waals surface area contributed by atoms with Crippen LogP contribution in [-0.2, 0) is 12.8 Å². The van der Waals surface area contributed by atoms with E-state index in [4.69, 9.17) is 9.97 Å². The van der Waals surface area contributed by atoms with Gasteiger partial charge in [-0.3, -0.25) is 4.98 Å². The van der Waals surface area contributed by atoms with Gasteiger partial charge in [0.1, 0.15) is 10.6 Å². The molecule has 5 rings (SSSR count). The SMILES string of the molecule is CCN1CCN(c2nc(-c3cccnc3)nc3sc4c(c23)CC[C@H](C)C4)CC1. The number of fused-ring (bicyclic) bond motifs is 3. The first-order chi connectivity index (χ1) is 13.7. The Balaban J connectivity index is 1.65. The number of hydrogen-bond donors (Lipinski definition) is 0. The van der Waals surface area contributed by atoms with Crippen molar-refractivity contribution in [1.29, 1.82) is 0 Å². The summed E-state index contributed by atoms with van der Waals surface area (Å²) in [6.07, 6.45) is 7.29. The Morgan fingerprint density at radius 2 is 2.04 bits per heavy atom. The number of rotatable bonds is 3. The number of thiophene rings is 1. The molecule has 4 heterocycles. The van der Waals surface area contributed by atoms with Gasteiger partial charge in [-0.15, -0.1) is 11.3 Å². The van der Waals surface area contributed by atoms with Crippen LogP contribution in [0.1, 0.15) is 30.7 Å². The van der Waals surface area contributed by atoms with Crippen LogP contribution in [-0.4, -0.2) is 52.6 Å². The van der Waals surface area contributed by atoms with Crippen molar-refractivity contribution >= 4 is 27.4 Å². The Labute approximate surface area is 170 Å². The second-order valence-electron chi connectivity index (χ2n) is 8.07. The molecule has 2 aliphatic rings. The quantitative estimate of drug-likeness (QED) is 0.672. The zero-order valence-electron chi connectivity index (χ0n) is 16.7. The van der Waals surface area contributed by atoms with Crippen LogP contribution in [0.4, 0.5) is 5.82 Å². The number of anilines is 1. The highest BCUT2D eigenvalue weighted by atomic mass is 32.1. The smallest absolute Gasteiger partial charge is 0.164 e. The third-order valence-electron chi connectivity index (χ3n) is 6.17. The van der Waals surface area contributed by atoms with Crippen LogP contribution in [0.3, 0.4) is 0 Å². The molecule has 3 aromatic heterocycles. The van der Waals surface area contributed by atoms with Gasteiger partial charge in [-0.25, -0.2) is 9.97 Å². The van der Waals surface area contributed by atoms with Gasteiger partial charge in [0.25, 0.3) is 0 Å². The topological polar surface area (TPSA) is 45.2 Å². The summed E-state index contributed by atoms with van der Waals surface area (Å²) in [4.78, 5) is 22.1. The summed E-state index contributed by atoms with van der Waals surface area (Å²) in [6, 6.07) is 4.02. The van der Waals surface area contributed by atoms with Crippen molar-refractivity contribution < 1.29 is 0 Å². The molecule has 0 unspecified atom stereocenters. The zero-order chi connectivity index (χ0) is 19.1. The molecule has 1 atom stereocenters. The molecular weight excluding hydrogens is 366 g/mol. The number of piperazine rings is 1. The predicted octanol–water partition coefficient (Wildman–Crippen LogP) is 4.02. The van der Waals surface area contributed by atoms with Crippen LogP contribution in [0.2, 0.25) is 0 Å². The molecule has 0 radical (unpaired) electrons. The lowest BCUT2D eigenvalue weighted by atomic mass is 9.89. The van der Waals surface area contributed by atoms with Crippen molar-refractivity contribution in [2.75, 3.05) is 37.6 Å². The summed E-state index contributed by atoms with van der Waals surface area (Å²) >= 11 is 1.89. The molecule has 0 amide bonds. The van der Waals surface area contributed by atoms with Gasteiger partial charge < -0.3 is 9.80 Å². The molecule has 1 fully saturated rings. The first-order valence-electron chi connectivity index (χ1n) is 10.4. The molecule has 6 heteroatoms. The molecular formula is C22H27N5S. The fraction of sp³-hybridized carbons (Fsp3) is 0.500. The Hall–Kier alpha value is -2.05. The molecule has 0 spiro atoms. The lowest BCUT2D eigenvalue weighted by molar-refractivity contribution is 0.271. The molecule has 0 bridgehead atoms. The van der Waals surface area contributed by atoms with Crippen LogP contribution in [0.25, 0.3) is 21.6 Å². The first kappa shape index (κ1) is 18.0. The summed E-state index contributed by atoms with van der Waals surface area (Å²) in [5.74, 6) is 2.72. The average Bonchev–Trinajstić information content (AvgIpc) is 3.11. The van der Waals surface area contributed by atoms with Gasteiger partial charge in [0.05, 0.1) is 5.39 Å². The van der Waals surface area contributed by atoms with Crippen LogP contribution in [0.5, 0.6) is 0 Å². The number of aryl methyl sites for hydroxylation is 1. The number of nitrogens with zero attached hydrogens (tertiary/aromatic N) is 5. The Kier molecular flexibility index (Phi) is 4.77. The summed E-state index contributed by atoms with van der Waals surface area (Å²) in [7, 11) is 0. The van der Waals surface area contributed by atoms with Gasteiger partial charge in [0.15, 0.2) is 5.82 Å². The fourth-order valence-corrected chi connectivity index (χ4v) is 5.83. The highest BCUT2D eigenvalue weighted by molar-refractivity contribution is 7.19. The molecule has 3 aromatic rings. The molecule has 5 nitrogen and oxygen atoms in total. The van der Waals surface area contributed by atoms with Gasteiger partial charge in [-0.2, -0.15) is 0 Å². The second-order valence-corrected chi connectivity index (χ2v) is 9.15. The van der Waals surface area contributed by atoms with Gasteiger partial charge in [-0.1, -0.05) is 13.8 Å². The second kappa shape index (κ2) is 7.41. The average molecular weight is 394 g/mol. The summed E-state index contributed by atoms with van der Waals surface area (Å²) in [6.45, 7) is 10.0. The van der Waals surface area contributed by atoms with Crippen molar-refractivity contribution in [3.8, 4) is 11.4 Å². The minimum atomic E-state index is 0.767. The highest BCUT2D eigenvalue weighted by Gasteiger charge is 2.27. The van der Waals surface area contributed by atoms with E-state index in [0.29, 0.717) is 0 Å². The molecule has 28 heavy (non-hydrogen) atoms. The molecule has 146 valence electrons. The maximum Gasteiger partial charge on any atom is 0.164 e. The zero-order valence-corrected chi connectivity index (χ0v) is 17.5. The minimum absolute atomic E-state index is 0.767. The summed E-state index contributed by atoms with van der Waals surface area (Å²) in [5.41, 5.74) is 2.52. The van der Waals surface area contributed by atoms with Crippen LogP contribution in [0.15, 0.2) is 24.5 Å². The highest BCUT2D eigenvalue weighted by Crippen LogP contribution is 2.42. The van der Waals surface area contributed by atoms with E-state index in [9.17, 15) is 0 Å². The third kappa shape index (κ3) is 3.18. The Bertz CT molecular complexity index is 976. The van der Waals surface area contributed by atoms with Crippen molar-refractivity contribution in [2.24, 2.45) is 5.92 Å². The molecule has 0 N–H and O–H groups in total.